The molecule has 0 bridgehead atoms. The lowest BCUT2D eigenvalue weighted by Crippen LogP contribution is -2.37. The number of aromatic nitrogens is 2. The topological polar surface area (TPSA) is 75.0 Å². The number of carbonyl (C=O) groups excluding carboxylic acids is 1. The summed E-state index contributed by atoms with van der Waals surface area (Å²) in [6, 6.07) is 4.66. The van der Waals surface area contributed by atoms with Crippen LogP contribution in [0.4, 0.5) is 4.39 Å². The Balaban J connectivity index is 1.63. The molecule has 2 aromatic rings. The molecule has 0 unspecified atom stereocenters. The molecule has 2 atom stereocenters. The quantitative estimate of drug-likeness (QED) is 0.887. The molecule has 1 aliphatic carbocycles. The highest BCUT2D eigenvalue weighted by Gasteiger charge is 2.30. The Morgan fingerprint density at radius 2 is 2.30 bits per heavy atom. The Hall–Kier alpha value is -1.95. The molecular weight excluding hydrogens is 295 g/mol. The van der Waals surface area contributed by atoms with E-state index >= 15 is 0 Å². The number of hydrogen-bond acceptors (Lipinski definition) is 3. The van der Waals surface area contributed by atoms with Gasteiger partial charge in [0.1, 0.15) is 11.6 Å². The van der Waals surface area contributed by atoms with E-state index in [4.69, 9.17) is 5.73 Å². The summed E-state index contributed by atoms with van der Waals surface area (Å²) < 4.78 is 13.2. The van der Waals surface area contributed by atoms with E-state index in [1.54, 1.807) is 6.07 Å². The SMILES string of the molecule is CCN(CCc1nc2ccc(F)cc2[nH]1)C(=O)[C@H]1CC[C@@H](N)C1. The van der Waals surface area contributed by atoms with Crippen LogP contribution >= 0.6 is 0 Å². The van der Waals surface area contributed by atoms with Crippen LogP contribution in [0.1, 0.15) is 32.0 Å². The molecule has 1 amide bonds. The van der Waals surface area contributed by atoms with Crippen LogP contribution in [0, 0.1) is 11.7 Å². The van der Waals surface area contributed by atoms with Crippen molar-refractivity contribution in [2.75, 3.05) is 13.1 Å². The number of nitrogens with one attached hydrogen (secondary N) is 1. The third-order valence-electron chi connectivity index (χ3n) is 4.63. The molecule has 1 aromatic carbocycles. The zero-order chi connectivity index (χ0) is 16.4. The molecule has 3 rings (SSSR count). The number of nitrogens with two attached hydrogens (primary N) is 1. The number of benzene rings is 1. The molecule has 23 heavy (non-hydrogen) atoms. The first-order valence-electron chi connectivity index (χ1n) is 8.25. The molecule has 0 saturated heterocycles. The number of aromatic amines is 1. The lowest BCUT2D eigenvalue weighted by molar-refractivity contribution is -0.135. The van der Waals surface area contributed by atoms with E-state index in [0.29, 0.717) is 25.0 Å². The van der Waals surface area contributed by atoms with E-state index in [2.05, 4.69) is 9.97 Å². The van der Waals surface area contributed by atoms with Crippen LogP contribution in [0.15, 0.2) is 18.2 Å². The fourth-order valence-electron chi connectivity index (χ4n) is 3.32. The number of carbonyl (C=O) groups is 1. The van der Waals surface area contributed by atoms with Crippen molar-refractivity contribution < 1.29 is 9.18 Å². The molecule has 0 radical (unpaired) electrons. The number of fused-ring (bicyclic) bond motifs is 1. The summed E-state index contributed by atoms with van der Waals surface area (Å²) in [4.78, 5) is 22.0. The standard InChI is InChI=1S/C17H23FN4O/c1-2-22(17(23)11-3-5-13(19)9-11)8-7-16-20-14-6-4-12(18)10-15(14)21-16/h4,6,10-11,13H,2-3,5,7-9,19H2,1H3,(H,20,21)/t11-,13+/m0/s1. The van der Waals surface area contributed by atoms with Crippen molar-refractivity contribution in [3.8, 4) is 0 Å². The van der Waals surface area contributed by atoms with Gasteiger partial charge in [-0.15, -0.1) is 0 Å². The summed E-state index contributed by atoms with van der Waals surface area (Å²) in [7, 11) is 0. The summed E-state index contributed by atoms with van der Waals surface area (Å²) in [5.74, 6) is 0.757. The van der Waals surface area contributed by atoms with Crippen LogP contribution in [-0.2, 0) is 11.2 Å². The van der Waals surface area contributed by atoms with Crippen molar-refractivity contribution in [3.63, 3.8) is 0 Å². The molecule has 1 aromatic heterocycles. The molecule has 1 aliphatic rings. The minimum Gasteiger partial charge on any atom is -0.342 e. The van der Waals surface area contributed by atoms with E-state index in [0.717, 1.165) is 30.6 Å². The summed E-state index contributed by atoms with van der Waals surface area (Å²) in [6.45, 7) is 3.28. The monoisotopic (exact) mass is 318 g/mol. The smallest absolute Gasteiger partial charge is 0.225 e. The van der Waals surface area contributed by atoms with Gasteiger partial charge >= 0.3 is 0 Å². The Bertz CT molecular complexity index is 699. The first kappa shape index (κ1) is 15.9. The second-order valence-electron chi connectivity index (χ2n) is 6.28. The Kier molecular flexibility index (Phi) is 4.61. The van der Waals surface area contributed by atoms with Gasteiger partial charge in [0.05, 0.1) is 11.0 Å². The summed E-state index contributed by atoms with van der Waals surface area (Å²) in [5.41, 5.74) is 7.35. The van der Waals surface area contributed by atoms with E-state index < -0.39 is 0 Å². The van der Waals surface area contributed by atoms with Gasteiger partial charge in [-0.25, -0.2) is 9.37 Å². The Morgan fingerprint density at radius 1 is 1.48 bits per heavy atom. The van der Waals surface area contributed by atoms with Crippen molar-refractivity contribution in [1.82, 2.24) is 14.9 Å². The average molecular weight is 318 g/mol. The second-order valence-corrected chi connectivity index (χ2v) is 6.28. The van der Waals surface area contributed by atoms with Gasteiger partial charge in [0.15, 0.2) is 0 Å². The maximum Gasteiger partial charge on any atom is 0.225 e. The number of amides is 1. The molecule has 1 saturated carbocycles. The average Bonchev–Trinajstić information content (AvgIpc) is 3.13. The molecule has 124 valence electrons. The van der Waals surface area contributed by atoms with Crippen molar-refractivity contribution in [1.29, 1.82) is 0 Å². The fraction of sp³-hybridized carbons (Fsp3) is 0.529. The largest absolute Gasteiger partial charge is 0.342 e. The number of imidazole rings is 1. The van der Waals surface area contributed by atoms with E-state index in [1.807, 2.05) is 11.8 Å². The predicted octanol–water partition coefficient (Wildman–Crippen LogP) is 2.22. The fourth-order valence-corrected chi connectivity index (χ4v) is 3.32. The van der Waals surface area contributed by atoms with Gasteiger partial charge in [0, 0.05) is 31.5 Å². The number of likely N-dealkylation sites (N-methyl/N-ethyl adjacent to an activating group) is 1. The van der Waals surface area contributed by atoms with Gasteiger partial charge in [-0.05, 0) is 44.4 Å². The van der Waals surface area contributed by atoms with Gasteiger partial charge < -0.3 is 15.6 Å². The lowest BCUT2D eigenvalue weighted by Gasteiger charge is -2.23. The highest BCUT2D eigenvalue weighted by Crippen LogP contribution is 2.26. The van der Waals surface area contributed by atoms with Gasteiger partial charge in [-0.2, -0.15) is 0 Å². The number of H-pyrrole nitrogens is 1. The molecule has 3 N–H and O–H groups in total. The minimum atomic E-state index is -0.282. The van der Waals surface area contributed by atoms with Crippen LogP contribution < -0.4 is 5.73 Å². The summed E-state index contributed by atoms with van der Waals surface area (Å²) >= 11 is 0. The molecule has 0 spiro atoms. The van der Waals surface area contributed by atoms with Crippen LogP contribution in [0.25, 0.3) is 11.0 Å². The molecular formula is C17H23FN4O. The van der Waals surface area contributed by atoms with Gasteiger partial charge in [0.25, 0.3) is 0 Å². The number of halogens is 1. The van der Waals surface area contributed by atoms with Crippen LogP contribution in [0.2, 0.25) is 0 Å². The lowest BCUT2D eigenvalue weighted by atomic mass is 10.1. The molecule has 1 heterocycles. The molecule has 1 fully saturated rings. The molecule has 6 heteroatoms. The number of hydrogen-bond donors (Lipinski definition) is 2. The van der Waals surface area contributed by atoms with Gasteiger partial charge in [-0.3, -0.25) is 4.79 Å². The van der Waals surface area contributed by atoms with Crippen molar-refractivity contribution in [3.05, 3.63) is 29.8 Å². The van der Waals surface area contributed by atoms with Crippen molar-refractivity contribution in [2.45, 2.75) is 38.6 Å². The maximum absolute atomic E-state index is 13.2. The van der Waals surface area contributed by atoms with Crippen LogP contribution in [-0.4, -0.2) is 39.9 Å². The number of nitrogens with zero attached hydrogens (tertiary/aromatic N) is 2. The third-order valence-corrected chi connectivity index (χ3v) is 4.63. The van der Waals surface area contributed by atoms with Gasteiger partial charge in [0.2, 0.25) is 5.91 Å². The molecule has 0 aliphatic heterocycles. The maximum atomic E-state index is 13.2. The third kappa shape index (κ3) is 3.52. The van der Waals surface area contributed by atoms with Gasteiger partial charge in [-0.1, -0.05) is 0 Å². The predicted molar refractivity (Wildman–Crippen MR) is 87.3 cm³/mol. The Morgan fingerprint density at radius 3 is 3.00 bits per heavy atom. The van der Waals surface area contributed by atoms with Crippen LogP contribution in [0.3, 0.4) is 0 Å². The summed E-state index contributed by atoms with van der Waals surface area (Å²) in [6.07, 6.45) is 3.25. The zero-order valence-corrected chi connectivity index (χ0v) is 13.4. The van der Waals surface area contributed by atoms with E-state index in [1.165, 1.54) is 12.1 Å². The first-order chi connectivity index (χ1) is 11.1. The first-order valence-corrected chi connectivity index (χ1v) is 8.25. The highest BCUT2D eigenvalue weighted by molar-refractivity contribution is 5.79. The Labute approximate surface area is 135 Å². The van der Waals surface area contributed by atoms with E-state index in [9.17, 15) is 9.18 Å². The van der Waals surface area contributed by atoms with Crippen molar-refractivity contribution >= 4 is 16.9 Å². The normalized spacial score (nSPS) is 21.0. The zero-order valence-electron chi connectivity index (χ0n) is 13.4. The van der Waals surface area contributed by atoms with Crippen molar-refractivity contribution in [2.24, 2.45) is 11.7 Å². The molecule has 5 nitrogen and oxygen atoms in total. The van der Waals surface area contributed by atoms with E-state index in [-0.39, 0.29) is 23.7 Å². The number of rotatable bonds is 5. The second kappa shape index (κ2) is 6.66. The minimum absolute atomic E-state index is 0.0646. The summed E-state index contributed by atoms with van der Waals surface area (Å²) in [5, 5.41) is 0. The van der Waals surface area contributed by atoms with Crippen LogP contribution in [0.5, 0.6) is 0 Å². The highest BCUT2D eigenvalue weighted by atomic mass is 19.1.